The van der Waals surface area contributed by atoms with Crippen LogP contribution in [0.3, 0.4) is 0 Å². The van der Waals surface area contributed by atoms with E-state index >= 15 is 0 Å². The average Bonchev–Trinajstić information content (AvgIpc) is 2.74. The van der Waals surface area contributed by atoms with Crippen molar-refractivity contribution in [2.75, 3.05) is 6.16 Å². The highest BCUT2D eigenvalue weighted by Gasteiger charge is 2.37. The van der Waals surface area contributed by atoms with Crippen molar-refractivity contribution in [1.82, 2.24) is 0 Å². The number of hydrogen-bond donors (Lipinski definition) is 1. The Morgan fingerprint density at radius 3 is 1.79 bits per heavy atom. The molecule has 1 unspecified atom stereocenters. The van der Waals surface area contributed by atoms with Crippen LogP contribution in [0, 0.1) is 0 Å². The highest BCUT2D eigenvalue weighted by Crippen LogP contribution is 2.48. The fourth-order valence-corrected chi connectivity index (χ4v) is 6.74. The summed E-state index contributed by atoms with van der Waals surface area (Å²) in [6, 6.07) is 33.0. The van der Waals surface area contributed by atoms with Crippen LogP contribution < -0.4 is 10.6 Å². The van der Waals surface area contributed by atoms with Crippen molar-refractivity contribution < 1.29 is 9.67 Å². The van der Waals surface area contributed by atoms with Crippen LogP contribution in [0.1, 0.15) is 12.5 Å². The van der Waals surface area contributed by atoms with Gasteiger partial charge in [0, 0.05) is 16.8 Å². The minimum atomic E-state index is -3.02. The van der Waals surface area contributed by atoms with Gasteiger partial charge in [0.2, 0.25) is 0 Å². The van der Waals surface area contributed by atoms with Gasteiger partial charge in [0.1, 0.15) is 7.14 Å². The molecule has 1 atom stereocenters. The monoisotopic (exact) mass is 386 g/mol. The van der Waals surface area contributed by atoms with Crippen LogP contribution in [0.2, 0.25) is 0 Å². The summed E-state index contributed by atoms with van der Waals surface area (Å²) in [5.74, 6) is 0. The molecule has 0 amide bonds. The highest BCUT2D eigenvalue weighted by molar-refractivity contribution is 7.78. The van der Waals surface area contributed by atoms with Gasteiger partial charge >= 0.3 is 0 Å². The van der Waals surface area contributed by atoms with E-state index in [2.05, 4.69) is 0 Å². The van der Waals surface area contributed by atoms with Crippen molar-refractivity contribution in [2.24, 2.45) is 0 Å². The molecule has 0 saturated carbocycles. The van der Waals surface area contributed by atoms with Crippen LogP contribution in [0.25, 0.3) is 10.8 Å². The van der Waals surface area contributed by atoms with Crippen LogP contribution >= 0.6 is 7.14 Å². The van der Waals surface area contributed by atoms with Gasteiger partial charge in [-0.3, -0.25) is 0 Å². The second-order valence-electron chi connectivity index (χ2n) is 7.40. The third-order valence-corrected chi connectivity index (χ3v) is 8.57. The molecule has 0 aromatic heterocycles. The minimum absolute atomic E-state index is 0.145. The van der Waals surface area contributed by atoms with Gasteiger partial charge in [-0.15, -0.1) is 0 Å². The van der Waals surface area contributed by atoms with Gasteiger partial charge in [0.25, 0.3) is 0 Å². The lowest BCUT2D eigenvalue weighted by molar-refractivity contribution is 0.0821. The van der Waals surface area contributed by atoms with Gasteiger partial charge in [0.15, 0.2) is 0 Å². The molecule has 0 aliphatic carbocycles. The van der Waals surface area contributed by atoms with Crippen LogP contribution in [-0.4, -0.2) is 11.3 Å². The van der Waals surface area contributed by atoms with Crippen LogP contribution in [-0.2, 0) is 10.2 Å². The van der Waals surface area contributed by atoms with E-state index in [9.17, 15) is 9.67 Å². The molecule has 4 aromatic carbocycles. The zero-order chi connectivity index (χ0) is 19.6. The molecular weight excluding hydrogens is 363 g/mol. The Morgan fingerprint density at radius 2 is 1.21 bits per heavy atom. The standard InChI is InChI=1S/C25H23O2P/c1-25(26,22-17-16-20-10-8-9-11-21(20)18-22)19-28(27,23-12-4-2-5-13-23)24-14-6-3-7-15-24/h2-18,26H,19H2,1H3. The number of rotatable bonds is 5. The first-order valence-electron chi connectivity index (χ1n) is 9.41. The lowest BCUT2D eigenvalue weighted by Crippen LogP contribution is -2.32. The summed E-state index contributed by atoms with van der Waals surface area (Å²) in [5, 5.41) is 15.1. The van der Waals surface area contributed by atoms with Crippen molar-refractivity contribution >= 4 is 28.5 Å². The molecule has 0 bridgehead atoms. The van der Waals surface area contributed by atoms with Gasteiger partial charge in [-0.25, -0.2) is 0 Å². The quantitative estimate of drug-likeness (QED) is 0.487. The van der Waals surface area contributed by atoms with E-state index in [1.165, 1.54) is 0 Å². The SMILES string of the molecule is CC(O)(CP(=O)(c1ccccc1)c1ccccc1)c1ccc2ccccc2c1. The highest BCUT2D eigenvalue weighted by atomic mass is 31.2. The van der Waals surface area contributed by atoms with Crippen LogP contribution in [0.5, 0.6) is 0 Å². The van der Waals surface area contributed by atoms with E-state index in [1.54, 1.807) is 6.92 Å². The maximum atomic E-state index is 14.3. The summed E-state index contributed by atoms with van der Waals surface area (Å²) in [7, 11) is -3.02. The molecule has 140 valence electrons. The fraction of sp³-hybridized carbons (Fsp3) is 0.120. The molecule has 0 radical (unpaired) electrons. The molecule has 0 aliphatic rings. The molecule has 0 spiro atoms. The largest absolute Gasteiger partial charge is 0.385 e. The Hall–Kier alpha value is -2.67. The molecule has 0 saturated heterocycles. The van der Waals surface area contributed by atoms with Crippen LogP contribution in [0.15, 0.2) is 103 Å². The topological polar surface area (TPSA) is 37.3 Å². The summed E-state index contributed by atoms with van der Waals surface area (Å²) < 4.78 is 14.3. The first-order valence-corrected chi connectivity index (χ1v) is 11.3. The summed E-state index contributed by atoms with van der Waals surface area (Å²) in [6.07, 6.45) is 0.145. The molecular formula is C25H23O2P. The first kappa shape index (κ1) is 18.7. The van der Waals surface area contributed by atoms with Gasteiger partial charge in [-0.2, -0.15) is 0 Å². The zero-order valence-electron chi connectivity index (χ0n) is 15.8. The average molecular weight is 386 g/mol. The van der Waals surface area contributed by atoms with E-state index in [0.29, 0.717) is 0 Å². The Kier molecular flexibility index (Phi) is 4.93. The Morgan fingerprint density at radius 1 is 0.714 bits per heavy atom. The lowest BCUT2D eigenvalue weighted by Gasteiger charge is -2.30. The Bertz CT molecular complexity index is 1090. The molecule has 0 heterocycles. The molecule has 3 heteroatoms. The normalized spacial score (nSPS) is 13.9. The van der Waals surface area contributed by atoms with Crippen molar-refractivity contribution in [3.63, 3.8) is 0 Å². The predicted octanol–water partition coefficient (Wildman–Crippen LogP) is 5.06. The molecule has 28 heavy (non-hydrogen) atoms. The summed E-state index contributed by atoms with van der Waals surface area (Å²) in [4.78, 5) is 0. The maximum Gasteiger partial charge on any atom is 0.146 e. The summed E-state index contributed by atoms with van der Waals surface area (Å²) in [6.45, 7) is 1.76. The number of fused-ring (bicyclic) bond motifs is 1. The second kappa shape index (κ2) is 7.39. The smallest absolute Gasteiger partial charge is 0.146 e. The Labute approximate surface area is 165 Å². The van der Waals surface area contributed by atoms with Gasteiger partial charge < -0.3 is 9.67 Å². The van der Waals surface area contributed by atoms with Gasteiger partial charge in [-0.05, 0) is 29.3 Å². The van der Waals surface area contributed by atoms with Crippen molar-refractivity contribution in [2.45, 2.75) is 12.5 Å². The molecule has 4 rings (SSSR count). The molecule has 0 aliphatic heterocycles. The van der Waals surface area contributed by atoms with Crippen molar-refractivity contribution in [3.05, 3.63) is 109 Å². The Balaban J connectivity index is 1.80. The third-order valence-electron chi connectivity index (χ3n) is 5.25. The number of hydrogen-bond acceptors (Lipinski definition) is 2. The van der Waals surface area contributed by atoms with E-state index in [1.807, 2.05) is 103 Å². The molecule has 1 N–H and O–H groups in total. The summed E-state index contributed by atoms with van der Waals surface area (Å²) >= 11 is 0. The number of aliphatic hydroxyl groups is 1. The number of benzene rings is 4. The predicted molar refractivity (Wildman–Crippen MR) is 118 cm³/mol. The van der Waals surface area contributed by atoms with Crippen molar-refractivity contribution in [3.8, 4) is 0 Å². The van der Waals surface area contributed by atoms with E-state index in [4.69, 9.17) is 0 Å². The molecule has 2 nitrogen and oxygen atoms in total. The van der Waals surface area contributed by atoms with E-state index in [0.717, 1.165) is 26.9 Å². The van der Waals surface area contributed by atoms with Crippen molar-refractivity contribution in [1.29, 1.82) is 0 Å². The second-order valence-corrected chi connectivity index (χ2v) is 10.2. The van der Waals surface area contributed by atoms with E-state index in [-0.39, 0.29) is 6.16 Å². The maximum absolute atomic E-state index is 14.3. The molecule has 0 fully saturated rings. The van der Waals surface area contributed by atoms with Crippen LogP contribution in [0.4, 0.5) is 0 Å². The fourth-order valence-electron chi connectivity index (χ4n) is 3.72. The lowest BCUT2D eigenvalue weighted by atomic mass is 9.95. The summed E-state index contributed by atoms with van der Waals surface area (Å²) in [5.41, 5.74) is -0.455. The van der Waals surface area contributed by atoms with Gasteiger partial charge in [0.05, 0.1) is 5.60 Å². The van der Waals surface area contributed by atoms with Gasteiger partial charge in [-0.1, -0.05) is 97.1 Å². The van der Waals surface area contributed by atoms with E-state index < -0.39 is 12.7 Å². The zero-order valence-corrected chi connectivity index (χ0v) is 16.7. The molecule has 4 aromatic rings. The third kappa shape index (κ3) is 3.54. The minimum Gasteiger partial charge on any atom is -0.385 e. The first-order chi connectivity index (χ1) is 13.5.